The molecule has 1 saturated heterocycles. The van der Waals surface area contributed by atoms with Gasteiger partial charge in [0.2, 0.25) is 5.91 Å². The van der Waals surface area contributed by atoms with Crippen molar-refractivity contribution < 1.29 is 14.3 Å². The van der Waals surface area contributed by atoms with Crippen molar-refractivity contribution in [3.05, 3.63) is 78.4 Å². The first-order valence-corrected chi connectivity index (χ1v) is 12.4. The number of anilines is 2. The fraction of sp³-hybridized carbons (Fsp3) is 0.393. The Morgan fingerprint density at radius 1 is 1.11 bits per heavy atom. The van der Waals surface area contributed by atoms with Crippen LogP contribution in [-0.4, -0.2) is 61.8 Å². The van der Waals surface area contributed by atoms with Gasteiger partial charge in [-0.1, -0.05) is 36.4 Å². The number of carbonyl (C=O) groups excluding carboxylic acids is 2. The Morgan fingerprint density at radius 2 is 1.86 bits per heavy atom. The maximum absolute atomic E-state index is 13.1. The molecule has 1 fully saturated rings. The van der Waals surface area contributed by atoms with E-state index in [2.05, 4.69) is 56.5 Å². The zero-order chi connectivity index (χ0) is 25.5. The number of rotatable bonds is 9. The largest absolute Gasteiger partial charge is 0.467 e. The van der Waals surface area contributed by atoms with Gasteiger partial charge < -0.3 is 24.4 Å². The van der Waals surface area contributed by atoms with Crippen molar-refractivity contribution >= 4 is 23.3 Å². The average Bonchev–Trinajstić information content (AvgIpc) is 3.35. The van der Waals surface area contributed by atoms with E-state index in [1.54, 1.807) is 6.33 Å². The number of benzene rings is 2. The van der Waals surface area contributed by atoms with Crippen LogP contribution in [-0.2, 0) is 27.3 Å². The molecular formula is C28H35N5O3. The molecule has 8 nitrogen and oxygen atoms in total. The Balaban J connectivity index is 1.33. The van der Waals surface area contributed by atoms with Crippen molar-refractivity contribution in [1.82, 2.24) is 14.9 Å². The Morgan fingerprint density at radius 3 is 2.56 bits per heavy atom. The molecule has 4 rings (SSSR count). The summed E-state index contributed by atoms with van der Waals surface area (Å²) in [5.74, 6) is -0.698. The third-order valence-electron chi connectivity index (χ3n) is 6.69. The van der Waals surface area contributed by atoms with Gasteiger partial charge in [0, 0.05) is 63.6 Å². The quantitative estimate of drug-likeness (QED) is 0.466. The average molecular weight is 490 g/mol. The number of imidazole rings is 1. The van der Waals surface area contributed by atoms with Crippen molar-refractivity contribution in [1.29, 1.82) is 0 Å². The van der Waals surface area contributed by atoms with Gasteiger partial charge >= 0.3 is 5.97 Å². The summed E-state index contributed by atoms with van der Waals surface area (Å²) < 4.78 is 6.95. The lowest BCUT2D eigenvalue weighted by Crippen LogP contribution is -2.48. The van der Waals surface area contributed by atoms with Crippen molar-refractivity contribution in [3.63, 3.8) is 0 Å². The van der Waals surface area contributed by atoms with Gasteiger partial charge in [-0.3, -0.25) is 4.79 Å². The van der Waals surface area contributed by atoms with Crippen LogP contribution in [0, 0.1) is 5.92 Å². The topological polar surface area (TPSA) is 79.7 Å². The second-order valence-corrected chi connectivity index (χ2v) is 9.49. The maximum Gasteiger partial charge on any atom is 0.328 e. The van der Waals surface area contributed by atoms with Crippen molar-refractivity contribution in [2.75, 3.05) is 44.1 Å². The van der Waals surface area contributed by atoms with Crippen LogP contribution in [0.2, 0.25) is 0 Å². The molecule has 1 aliphatic heterocycles. The zero-order valence-electron chi connectivity index (χ0n) is 21.3. The van der Waals surface area contributed by atoms with Crippen LogP contribution in [0.25, 0.3) is 0 Å². The number of carbonyl (C=O) groups is 2. The van der Waals surface area contributed by atoms with Crippen LogP contribution in [0.1, 0.15) is 24.1 Å². The van der Waals surface area contributed by atoms with Gasteiger partial charge in [0.1, 0.15) is 6.04 Å². The molecule has 0 bridgehead atoms. The highest BCUT2D eigenvalue weighted by atomic mass is 16.5. The molecule has 1 atom stereocenters. The lowest BCUT2D eigenvalue weighted by molar-refractivity contribution is -0.145. The van der Waals surface area contributed by atoms with Crippen LogP contribution in [0.4, 0.5) is 11.4 Å². The number of aromatic nitrogens is 2. The molecule has 190 valence electrons. The summed E-state index contributed by atoms with van der Waals surface area (Å²) in [7, 11) is 5.40. The van der Waals surface area contributed by atoms with Crippen molar-refractivity contribution in [2.24, 2.45) is 5.92 Å². The van der Waals surface area contributed by atoms with E-state index in [-0.39, 0.29) is 18.2 Å². The summed E-state index contributed by atoms with van der Waals surface area (Å²) >= 11 is 0. The first-order valence-electron chi connectivity index (χ1n) is 12.4. The van der Waals surface area contributed by atoms with Gasteiger partial charge in [-0.15, -0.1) is 0 Å². The van der Waals surface area contributed by atoms with E-state index in [1.165, 1.54) is 18.4 Å². The number of ether oxygens (including phenoxy) is 1. The summed E-state index contributed by atoms with van der Waals surface area (Å²) in [5.41, 5.74) is 4.22. The highest BCUT2D eigenvalue weighted by Gasteiger charge is 2.30. The smallest absolute Gasteiger partial charge is 0.328 e. The number of hydrogen-bond acceptors (Lipinski definition) is 6. The fourth-order valence-electron chi connectivity index (χ4n) is 4.59. The predicted octanol–water partition coefficient (Wildman–Crippen LogP) is 3.11. The van der Waals surface area contributed by atoms with Crippen molar-refractivity contribution in [3.8, 4) is 0 Å². The number of nitrogens with one attached hydrogen (secondary N) is 1. The van der Waals surface area contributed by atoms with E-state index in [4.69, 9.17) is 4.74 Å². The van der Waals surface area contributed by atoms with Gasteiger partial charge in [-0.05, 0) is 36.6 Å². The lowest BCUT2D eigenvalue weighted by Gasteiger charge is -2.34. The highest BCUT2D eigenvalue weighted by Crippen LogP contribution is 2.26. The minimum atomic E-state index is -0.766. The van der Waals surface area contributed by atoms with Gasteiger partial charge in [-0.25, -0.2) is 9.78 Å². The van der Waals surface area contributed by atoms with Crippen LogP contribution in [0.5, 0.6) is 0 Å². The molecule has 0 aliphatic carbocycles. The highest BCUT2D eigenvalue weighted by molar-refractivity contribution is 5.86. The normalized spacial score (nSPS) is 14.8. The molecule has 0 spiro atoms. The van der Waals surface area contributed by atoms with Crippen LogP contribution in [0.3, 0.4) is 0 Å². The predicted molar refractivity (Wildman–Crippen MR) is 141 cm³/mol. The second kappa shape index (κ2) is 11.7. The third kappa shape index (κ3) is 6.44. The van der Waals surface area contributed by atoms with Crippen LogP contribution < -0.4 is 15.1 Å². The van der Waals surface area contributed by atoms with E-state index in [0.717, 1.165) is 37.3 Å². The molecule has 0 radical (unpaired) electrons. The molecule has 2 heterocycles. The van der Waals surface area contributed by atoms with E-state index < -0.39 is 12.0 Å². The number of piperidine rings is 1. The van der Waals surface area contributed by atoms with Gasteiger partial charge in [0.05, 0.1) is 19.1 Å². The first-order chi connectivity index (χ1) is 17.4. The molecule has 1 N–H and O–H groups in total. The maximum atomic E-state index is 13.1. The summed E-state index contributed by atoms with van der Waals surface area (Å²) in [4.78, 5) is 34.4. The molecule has 1 unspecified atom stereocenters. The number of nitrogens with zero attached hydrogens (tertiary/aromatic N) is 4. The first kappa shape index (κ1) is 25.3. The summed E-state index contributed by atoms with van der Waals surface area (Å²) in [6, 6.07) is 17.8. The molecule has 8 heteroatoms. The Hall–Kier alpha value is -3.81. The minimum absolute atomic E-state index is 0.101. The lowest BCUT2D eigenvalue weighted by atomic mass is 9.95. The Bertz CT molecular complexity index is 1150. The Labute approximate surface area is 212 Å². The summed E-state index contributed by atoms with van der Waals surface area (Å²) in [6.45, 7) is 2.28. The molecule has 2 aromatic carbocycles. The SMILES string of the molecule is COC(=O)C(Cc1cn(Cc2ccccc2)cn1)NC(=O)C1CCN(c2cccc(N(C)C)c2)CC1. The van der Waals surface area contributed by atoms with Crippen LogP contribution in [0.15, 0.2) is 67.1 Å². The molecular weight excluding hydrogens is 454 g/mol. The number of hydrogen-bond donors (Lipinski definition) is 1. The number of esters is 1. The minimum Gasteiger partial charge on any atom is -0.467 e. The van der Waals surface area contributed by atoms with Gasteiger partial charge in [0.25, 0.3) is 0 Å². The number of methoxy groups -OCH3 is 1. The van der Waals surface area contributed by atoms with Crippen LogP contribution >= 0.6 is 0 Å². The van der Waals surface area contributed by atoms with E-state index >= 15 is 0 Å². The molecule has 1 aliphatic rings. The molecule has 1 amide bonds. The monoisotopic (exact) mass is 489 g/mol. The third-order valence-corrected chi connectivity index (χ3v) is 6.69. The molecule has 3 aromatic rings. The summed E-state index contributed by atoms with van der Waals surface area (Å²) in [5, 5.41) is 2.94. The van der Waals surface area contributed by atoms with Gasteiger partial charge in [-0.2, -0.15) is 0 Å². The van der Waals surface area contributed by atoms with E-state index in [0.29, 0.717) is 6.54 Å². The van der Waals surface area contributed by atoms with Gasteiger partial charge in [0.15, 0.2) is 0 Å². The second-order valence-electron chi connectivity index (χ2n) is 9.49. The zero-order valence-corrected chi connectivity index (χ0v) is 21.3. The van der Waals surface area contributed by atoms with E-state index in [1.807, 2.05) is 43.1 Å². The molecule has 1 aromatic heterocycles. The Kier molecular flexibility index (Phi) is 8.25. The molecule has 0 saturated carbocycles. The fourth-order valence-corrected chi connectivity index (χ4v) is 4.59. The summed E-state index contributed by atoms with van der Waals surface area (Å²) in [6.07, 6.45) is 5.42. The van der Waals surface area contributed by atoms with Crippen molar-refractivity contribution in [2.45, 2.75) is 31.8 Å². The van der Waals surface area contributed by atoms with E-state index in [9.17, 15) is 9.59 Å². The number of amides is 1. The molecule has 36 heavy (non-hydrogen) atoms. The standard InChI is InChI=1S/C28H35N5O3/c1-31(2)24-10-7-11-25(17-24)33-14-12-22(13-15-33)27(34)30-26(28(35)36-3)16-23-19-32(20-29-23)18-21-8-5-4-6-9-21/h4-11,17,19-20,22,26H,12-16,18H2,1-3H3,(H,30,34).